The fourth-order valence-corrected chi connectivity index (χ4v) is 4.39. The van der Waals surface area contributed by atoms with E-state index < -0.39 is 0 Å². The van der Waals surface area contributed by atoms with Crippen LogP contribution in [-0.4, -0.2) is 38.9 Å². The summed E-state index contributed by atoms with van der Waals surface area (Å²) < 4.78 is 21.9. The Hall–Kier alpha value is -2.81. The molecular formula is C26H39FN4O4. The smallest absolute Gasteiger partial charge is 0.229 e. The number of unbranched alkanes of at least 4 members (excludes halogenated alkanes) is 1. The van der Waals surface area contributed by atoms with Gasteiger partial charge in [0.15, 0.2) is 11.6 Å². The summed E-state index contributed by atoms with van der Waals surface area (Å²) in [6.45, 7) is 3.38. The molecule has 0 spiro atoms. The van der Waals surface area contributed by atoms with E-state index in [1.165, 1.54) is 18.9 Å². The topological polar surface area (TPSA) is 118 Å². The molecule has 2 fully saturated rings. The summed E-state index contributed by atoms with van der Waals surface area (Å²) in [6.07, 6.45) is 9.56. The number of ether oxygens (including phenoxy) is 1. The van der Waals surface area contributed by atoms with Crippen LogP contribution >= 0.6 is 0 Å². The highest BCUT2D eigenvalue weighted by Crippen LogP contribution is 2.32. The Balaban J connectivity index is 0.00000216. The molecule has 2 atom stereocenters. The number of nitrogens with zero attached hydrogens (tertiary/aromatic N) is 3. The van der Waals surface area contributed by atoms with Crippen LogP contribution in [0.15, 0.2) is 24.4 Å². The minimum absolute atomic E-state index is 0. The zero-order chi connectivity index (χ0) is 23.2. The summed E-state index contributed by atoms with van der Waals surface area (Å²) in [7, 11) is 0. The van der Waals surface area contributed by atoms with E-state index in [0.29, 0.717) is 37.7 Å². The molecule has 1 aliphatic heterocycles. The Morgan fingerprint density at radius 2 is 2.03 bits per heavy atom. The lowest BCUT2D eigenvalue weighted by Gasteiger charge is -2.20. The summed E-state index contributed by atoms with van der Waals surface area (Å²) in [5, 5.41) is 10.8. The molecule has 2 heterocycles. The van der Waals surface area contributed by atoms with E-state index in [0.717, 1.165) is 43.4 Å². The van der Waals surface area contributed by atoms with Gasteiger partial charge in [0, 0.05) is 24.8 Å². The summed E-state index contributed by atoms with van der Waals surface area (Å²) >= 11 is 0. The number of aromatic nitrogens is 3. The van der Waals surface area contributed by atoms with E-state index in [2.05, 4.69) is 22.6 Å². The third-order valence-electron chi connectivity index (χ3n) is 6.77. The van der Waals surface area contributed by atoms with Crippen molar-refractivity contribution < 1.29 is 24.2 Å². The fourth-order valence-electron chi connectivity index (χ4n) is 4.39. The lowest BCUT2D eigenvalue weighted by molar-refractivity contribution is -0.136. The van der Waals surface area contributed by atoms with E-state index in [9.17, 15) is 14.0 Å². The molecule has 8 nitrogen and oxygen atoms in total. The Kier molecular flexibility index (Phi) is 10.8. The number of amides is 2. The molecule has 0 radical (unpaired) electrons. The molecule has 2 aliphatic rings. The molecule has 1 unspecified atom stereocenters. The van der Waals surface area contributed by atoms with E-state index in [1.54, 1.807) is 6.20 Å². The van der Waals surface area contributed by atoms with Crippen LogP contribution in [0.4, 0.5) is 4.39 Å². The van der Waals surface area contributed by atoms with Gasteiger partial charge in [-0.1, -0.05) is 32.1 Å². The lowest BCUT2D eigenvalue weighted by Crippen LogP contribution is -2.40. The Labute approximate surface area is 206 Å². The third kappa shape index (κ3) is 7.85. The van der Waals surface area contributed by atoms with Crippen LogP contribution in [0, 0.1) is 17.7 Å². The van der Waals surface area contributed by atoms with Crippen LogP contribution < -0.4 is 10.1 Å². The third-order valence-corrected chi connectivity index (χ3v) is 6.77. The highest BCUT2D eigenvalue weighted by molar-refractivity contribution is 5.98. The Morgan fingerprint density at radius 3 is 2.74 bits per heavy atom. The van der Waals surface area contributed by atoms with Crippen molar-refractivity contribution in [3.8, 4) is 5.75 Å². The lowest BCUT2D eigenvalue weighted by atomic mass is 9.92. The zero-order valence-corrected chi connectivity index (χ0v) is 19.8. The number of halogens is 1. The number of hydrogen-bond donors (Lipinski definition) is 1. The van der Waals surface area contributed by atoms with E-state index in [1.807, 2.05) is 16.8 Å². The molecule has 2 aromatic rings. The molecule has 2 amide bonds. The van der Waals surface area contributed by atoms with Crippen molar-refractivity contribution in [1.82, 2.24) is 20.3 Å². The Bertz CT molecular complexity index is 976. The molecule has 3 N–H and O–H groups in total. The van der Waals surface area contributed by atoms with Crippen molar-refractivity contribution in [3.05, 3.63) is 41.5 Å². The second kappa shape index (κ2) is 13.3. The molecule has 1 saturated carbocycles. The Morgan fingerprint density at radius 1 is 1.23 bits per heavy atom. The van der Waals surface area contributed by atoms with Gasteiger partial charge in [0.05, 0.1) is 18.5 Å². The van der Waals surface area contributed by atoms with Gasteiger partial charge in [0.2, 0.25) is 11.8 Å². The van der Waals surface area contributed by atoms with Crippen LogP contribution in [0.2, 0.25) is 0 Å². The van der Waals surface area contributed by atoms with Crippen LogP contribution in [0.3, 0.4) is 0 Å². The standard InChI is InChI=1S/C25H33FN4O3.CH4.H2O/c1-2-18(20-9-11-22(26)23(13-20)33-16-17-7-8-17)15-30-21(14-27-29-30)6-4-3-5-19-10-12-24(31)28-25(19)32;;/h9,11,13-14,17-19H,2-8,10,12,15-16H2,1H3,(H,28,31,32);1H4;1H2/t18-,19?;;/m0../s1. The maximum atomic E-state index is 14.2. The highest BCUT2D eigenvalue weighted by Gasteiger charge is 2.26. The van der Waals surface area contributed by atoms with Gasteiger partial charge in [-0.25, -0.2) is 9.07 Å². The molecule has 9 heteroatoms. The van der Waals surface area contributed by atoms with E-state index >= 15 is 0 Å². The molecule has 0 bridgehead atoms. The van der Waals surface area contributed by atoms with Gasteiger partial charge >= 0.3 is 0 Å². The van der Waals surface area contributed by atoms with Crippen molar-refractivity contribution >= 4 is 11.8 Å². The first kappa shape index (κ1) is 28.4. The predicted octanol–water partition coefficient (Wildman–Crippen LogP) is 3.98. The van der Waals surface area contributed by atoms with E-state index in [4.69, 9.17) is 4.74 Å². The number of nitrogens with one attached hydrogen (secondary N) is 1. The fraction of sp³-hybridized carbons (Fsp3) is 0.615. The quantitative estimate of drug-likeness (QED) is 0.357. The van der Waals surface area contributed by atoms with Crippen LogP contribution in [0.25, 0.3) is 0 Å². The first-order chi connectivity index (χ1) is 16.0. The SMILES string of the molecule is C.CC[C@@H](Cn1nncc1CCCCC1CCC(=O)NC1=O)c1ccc(F)c(OCC2CC2)c1.O. The molecular weight excluding hydrogens is 451 g/mol. The number of hydrogen-bond acceptors (Lipinski definition) is 5. The monoisotopic (exact) mass is 490 g/mol. The van der Waals surface area contributed by atoms with E-state index in [-0.39, 0.29) is 42.4 Å². The number of piperidine rings is 1. The van der Waals surface area contributed by atoms with Crippen molar-refractivity contribution in [3.63, 3.8) is 0 Å². The molecule has 1 aromatic carbocycles. The minimum atomic E-state index is -0.313. The normalized spacial score (nSPS) is 18.3. The van der Waals surface area contributed by atoms with Crippen molar-refractivity contribution in [2.75, 3.05) is 6.61 Å². The largest absolute Gasteiger partial charge is 0.490 e. The summed E-state index contributed by atoms with van der Waals surface area (Å²) in [6, 6.07) is 5.17. The molecule has 1 aliphatic carbocycles. The molecule has 1 aromatic heterocycles. The molecule has 4 rings (SSSR count). The summed E-state index contributed by atoms with van der Waals surface area (Å²) in [5.41, 5.74) is 2.10. The van der Waals surface area contributed by atoms with Crippen LogP contribution in [0.5, 0.6) is 5.75 Å². The number of carbonyl (C=O) groups is 2. The van der Waals surface area contributed by atoms with Crippen molar-refractivity contribution in [1.29, 1.82) is 0 Å². The second-order valence-corrected chi connectivity index (χ2v) is 9.35. The highest BCUT2D eigenvalue weighted by atomic mass is 19.1. The van der Waals surface area contributed by atoms with Gasteiger partial charge in [-0.05, 0) is 68.6 Å². The maximum Gasteiger partial charge on any atom is 0.229 e. The summed E-state index contributed by atoms with van der Waals surface area (Å²) in [4.78, 5) is 23.2. The molecule has 194 valence electrons. The van der Waals surface area contributed by atoms with Crippen molar-refractivity contribution in [2.45, 2.75) is 84.6 Å². The number of carbonyl (C=O) groups excluding carboxylic acids is 2. The van der Waals surface area contributed by atoms with Gasteiger partial charge in [-0.15, -0.1) is 5.10 Å². The second-order valence-electron chi connectivity index (χ2n) is 9.35. The number of aryl methyl sites for hydroxylation is 1. The zero-order valence-electron chi connectivity index (χ0n) is 19.8. The predicted molar refractivity (Wildman–Crippen MR) is 131 cm³/mol. The van der Waals surface area contributed by atoms with Crippen LogP contribution in [0.1, 0.15) is 82.9 Å². The average Bonchev–Trinajstić information content (AvgIpc) is 3.53. The summed E-state index contributed by atoms with van der Waals surface area (Å²) in [5.74, 6) is 0.408. The molecule has 35 heavy (non-hydrogen) atoms. The van der Waals surface area contributed by atoms with Gasteiger partial charge < -0.3 is 10.2 Å². The minimum Gasteiger partial charge on any atom is -0.490 e. The average molecular weight is 491 g/mol. The number of imide groups is 1. The van der Waals surface area contributed by atoms with Gasteiger partial charge in [0.1, 0.15) is 0 Å². The number of rotatable bonds is 12. The first-order valence-corrected chi connectivity index (χ1v) is 12.2. The number of benzene rings is 1. The van der Waals surface area contributed by atoms with Crippen molar-refractivity contribution in [2.24, 2.45) is 11.8 Å². The van der Waals surface area contributed by atoms with Gasteiger partial charge in [-0.3, -0.25) is 14.9 Å². The van der Waals surface area contributed by atoms with Gasteiger partial charge in [0.25, 0.3) is 0 Å². The van der Waals surface area contributed by atoms with Crippen LogP contribution in [-0.2, 0) is 22.6 Å². The van der Waals surface area contributed by atoms with Gasteiger partial charge in [-0.2, -0.15) is 0 Å². The maximum absolute atomic E-state index is 14.2. The first-order valence-electron chi connectivity index (χ1n) is 12.2. The molecule has 1 saturated heterocycles.